The molecule has 0 unspecified atom stereocenters. The third-order valence-corrected chi connectivity index (χ3v) is 2.07. The molecule has 0 bridgehead atoms. The summed E-state index contributed by atoms with van der Waals surface area (Å²) in [6.07, 6.45) is 0.264. The van der Waals surface area contributed by atoms with Gasteiger partial charge in [-0.3, -0.25) is 4.79 Å². The van der Waals surface area contributed by atoms with Crippen molar-refractivity contribution in [2.45, 2.75) is 6.92 Å². The maximum Gasteiger partial charge on any atom is 0.341 e. The van der Waals surface area contributed by atoms with Crippen molar-refractivity contribution in [2.24, 2.45) is 0 Å². The Labute approximate surface area is 90.8 Å². The minimum atomic E-state index is -0.948. The van der Waals surface area contributed by atoms with Gasteiger partial charge in [0.15, 0.2) is 6.29 Å². The standard InChI is InChI=1S/C10H8ClFO3/c1-2-15-10(14)6-3-4-8(11)7(5-13)9(6)12/h3-5H,2H2,1H3. The van der Waals surface area contributed by atoms with Crippen molar-refractivity contribution in [3.05, 3.63) is 34.1 Å². The van der Waals surface area contributed by atoms with E-state index in [2.05, 4.69) is 4.74 Å². The molecule has 0 heterocycles. The predicted molar refractivity (Wildman–Crippen MR) is 52.8 cm³/mol. The van der Waals surface area contributed by atoms with Crippen LogP contribution in [0.4, 0.5) is 4.39 Å². The van der Waals surface area contributed by atoms with Crippen molar-refractivity contribution in [3.8, 4) is 0 Å². The Kier molecular flexibility index (Phi) is 3.80. The van der Waals surface area contributed by atoms with Crippen LogP contribution in [0.1, 0.15) is 27.6 Å². The molecule has 1 aromatic carbocycles. The second-order valence-electron chi connectivity index (χ2n) is 2.66. The Hall–Kier alpha value is -1.42. The summed E-state index contributed by atoms with van der Waals surface area (Å²) >= 11 is 5.56. The summed E-state index contributed by atoms with van der Waals surface area (Å²) < 4.78 is 18.1. The van der Waals surface area contributed by atoms with Crippen LogP contribution >= 0.6 is 11.6 Å². The van der Waals surface area contributed by atoms with E-state index in [1.54, 1.807) is 6.92 Å². The van der Waals surface area contributed by atoms with Gasteiger partial charge in [-0.15, -0.1) is 0 Å². The molecule has 0 aliphatic carbocycles. The molecule has 0 saturated carbocycles. The quantitative estimate of drug-likeness (QED) is 0.592. The molecular weight excluding hydrogens is 223 g/mol. The SMILES string of the molecule is CCOC(=O)c1ccc(Cl)c(C=O)c1F. The average Bonchev–Trinajstić information content (AvgIpc) is 2.18. The number of ether oxygens (including phenoxy) is 1. The summed E-state index contributed by atoms with van der Waals surface area (Å²) in [5.74, 6) is -1.76. The highest BCUT2D eigenvalue weighted by Crippen LogP contribution is 2.21. The summed E-state index contributed by atoms with van der Waals surface area (Å²) in [7, 11) is 0. The van der Waals surface area contributed by atoms with Crippen molar-refractivity contribution in [2.75, 3.05) is 6.61 Å². The van der Waals surface area contributed by atoms with Crippen LogP contribution in [0.2, 0.25) is 5.02 Å². The number of esters is 1. The van der Waals surface area contributed by atoms with E-state index >= 15 is 0 Å². The van der Waals surface area contributed by atoms with Gasteiger partial charge in [-0.1, -0.05) is 11.6 Å². The van der Waals surface area contributed by atoms with E-state index in [-0.39, 0.29) is 29.0 Å². The van der Waals surface area contributed by atoms with Gasteiger partial charge in [-0.25, -0.2) is 9.18 Å². The summed E-state index contributed by atoms with van der Waals surface area (Å²) in [5.41, 5.74) is -0.620. The molecule has 5 heteroatoms. The molecule has 3 nitrogen and oxygen atoms in total. The van der Waals surface area contributed by atoms with E-state index in [1.165, 1.54) is 12.1 Å². The zero-order chi connectivity index (χ0) is 11.4. The molecule has 80 valence electrons. The molecule has 1 rings (SSSR count). The zero-order valence-electron chi connectivity index (χ0n) is 7.92. The number of benzene rings is 1. The first kappa shape index (κ1) is 11.7. The number of hydrogen-bond donors (Lipinski definition) is 0. The zero-order valence-corrected chi connectivity index (χ0v) is 8.68. The fraction of sp³-hybridized carbons (Fsp3) is 0.200. The molecule has 1 aromatic rings. The van der Waals surface area contributed by atoms with Gasteiger partial charge in [0.2, 0.25) is 0 Å². The average molecular weight is 231 g/mol. The molecule has 0 atom stereocenters. The lowest BCUT2D eigenvalue weighted by molar-refractivity contribution is 0.0521. The highest BCUT2D eigenvalue weighted by atomic mass is 35.5. The van der Waals surface area contributed by atoms with E-state index < -0.39 is 11.8 Å². The number of carbonyl (C=O) groups excluding carboxylic acids is 2. The highest BCUT2D eigenvalue weighted by molar-refractivity contribution is 6.33. The van der Waals surface area contributed by atoms with E-state index in [0.717, 1.165) is 0 Å². The van der Waals surface area contributed by atoms with Crippen LogP contribution in [0.5, 0.6) is 0 Å². The topological polar surface area (TPSA) is 43.4 Å². The molecule has 15 heavy (non-hydrogen) atoms. The van der Waals surface area contributed by atoms with Crippen molar-refractivity contribution < 1.29 is 18.7 Å². The van der Waals surface area contributed by atoms with E-state index in [0.29, 0.717) is 0 Å². The molecule has 0 aliphatic rings. The van der Waals surface area contributed by atoms with Crippen molar-refractivity contribution in [3.63, 3.8) is 0 Å². The summed E-state index contributed by atoms with van der Waals surface area (Å²) in [5, 5.41) is -0.0319. The third-order valence-electron chi connectivity index (χ3n) is 1.74. The molecule has 0 aliphatic heterocycles. The van der Waals surface area contributed by atoms with Crippen LogP contribution < -0.4 is 0 Å². The van der Waals surface area contributed by atoms with E-state index in [9.17, 15) is 14.0 Å². The number of carbonyl (C=O) groups is 2. The van der Waals surface area contributed by atoms with Gasteiger partial charge < -0.3 is 4.74 Å². The van der Waals surface area contributed by atoms with Crippen molar-refractivity contribution in [1.82, 2.24) is 0 Å². The van der Waals surface area contributed by atoms with Crippen LogP contribution in [-0.4, -0.2) is 18.9 Å². The second kappa shape index (κ2) is 4.89. The minimum absolute atomic E-state index is 0.0319. The van der Waals surface area contributed by atoms with Gasteiger partial charge in [0.1, 0.15) is 5.82 Å². The smallest absolute Gasteiger partial charge is 0.341 e. The summed E-state index contributed by atoms with van der Waals surface area (Å²) in [6, 6.07) is 2.46. The Bertz CT molecular complexity index is 404. The van der Waals surface area contributed by atoms with Crippen molar-refractivity contribution >= 4 is 23.9 Å². The molecule has 0 aromatic heterocycles. The molecule has 0 radical (unpaired) electrons. The van der Waals surface area contributed by atoms with E-state index in [4.69, 9.17) is 11.6 Å². The monoisotopic (exact) mass is 230 g/mol. The number of aldehydes is 1. The summed E-state index contributed by atoms with van der Waals surface area (Å²) in [4.78, 5) is 21.7. The predicted octanol–water partition coefficient (Wildman–Crippen LogP) is 2.47. The number of hydrogen-bond acceptors (Lipinski definition) is 3. The fourth-order valence-corrected chi connectivity index (χ4v) is 1.23. The molecule has 0 spiro atoms. The van der Waals surface area contributed by atoms with Gasteiger partial charge >= 0.3 is 5.97 Å². The first-order valence-electron chi connectivity index (χ1n) is 4.22. The lowest BCUT2D eigenvalue weighted by Gasteiger charge is -2.05. The maximum atomic E-state index is 13.5. The number of rotatable bonds is 3. The Balaban J connectivity index is 3.21. The summed E-state index contributed by atoms with van der Waals surface area (Å²) in [6.45, 7) is 1.74. The lowest BCUT2D eigenvalue weighted by atomic mass is 10.1. The molecule has 0 fully saturated rings. The van der Waals surface area contributed by atoms with E-state index in [1.807, 2.05) is 0 Å². The van der Waals surface area contributed by atoms with Crippen LogP contribution in [0.15, 0.2) is 12.1 Å². The first-order chi connectivity index (χ1) is 7.11. The minimum Gasteiger partial charge on any atom is -0.462 e. The Morgan fingerprint density at radius 1 is 1.60 bits per heavy atom. The van der Waals surface area contributed by atoms with Gasteiger partial charge in [0.25, 0.3) is 0 Å². The van der Waals surface area contributed by atoms with Crippen molar-refractivity contribution in [1.29, 1.82) is 0 Å². The molecule has 0 N–H and O–H groups in total. The molecular formula is C10H8ClFO3. The Morgan fingerprint density at radius 3 is 2.80 bits per heavy atom. The molecule has 0 amide bonds. The van der Waals surface area contributed by atoms with Crippen LogP contribution in [0, 0.1) is 5.82 Å². The Morgan fingerprint density at radius 2 is 2.27 bits per heavy atom. The van der Waals surface area contributed by atoms with Gasteiger partial charge in [0.05, 0.1) is 22.8 Å². The fourth-order valence-electron chi connectivity index (χ4n) is 1.04. The van der Waals surface area contributed by atoms with Crippen LogP contribution in [0.25, 0.3) is 0 Å². The third kappa shape index (κ3) is 2.33. The lowest BCUT2D eigenvalue weighted by Crippen LogP contribution is -2.09. The highest BCUT2D eigenvalue weighted by Gasteiger charge is 2.17. The van der Waals surface area contributed by atoms with Gasteiger partial charge in [0, 0.05) is 0 Å². The first-order valence-corrected chi connectivity index (χ1v) is 4.60. The molecule has 0 saturated heterocycles. The van der Waals surface area contributed by atoms with Crippen LogP contribution in [0.3, 0.4) is 0 Å². The largest absolute Gasteiger partial charge is 0.462 e. The van der Waals surface area contributed by atoms with Crippen LogP contribution in [-0.2, 0) is 4.74 Å². The second-order valence-corrected chi connectivity index (χ2v) is 3.07. The van der Waals surface area contributed by atoms with Gasteiger partial charge in [-0.2, -0.15) is 0 Å². The number of halogens is 2. The maximum absolute atomic E-state index is 13.5. The normalized spacial score (nSPS) is 9.80. The van der Waals surface area contributed by atoms with Gasteiger partial charge in [-0.05, 0) is 19.1 Å².